The van der Waals surface area contributed by atoms with Gasteiger partial charge >= 0.3 is 0 Å². The summed E-state index contributed by atoms with van der Waals surface area (Å²) in [6, 6.07) is 26.2. The van der Waals surface area contributed by atoms with E-state index in [1.54, 1.807) is 0 Å². The van der Waals surface area contributed by atoms with E-state index in [2.05, 4.69) is 82.6 Å². The fraction of sp³-hybridized carbons (Fsp3) is 0.394. The molecule has 3 heterocycles. The van der Waals surface area contributed by atoms with E-state index < -0.39 is 0 Å². The Morgan fingerprint density at radius 1 is 0.632 bits per heavy atom. The summed E-state index contributed by atoms with van der Waals surface area (Å²) in [6.07, 6.45) is 6.20. The third-order valence-electron chi connectivity index (χ3n) is 7.87. The molecule has 2 fully saturated rings. The molecule has 0 spiro atoms. The highest BCUT2D eigenvalue weighted by molar-refractivity contribution is 7.22. The number of rotatable bonds is 11. The Morgan fingerprint density at radius 3 is 1.79 bits per heavy atom. The minimum atomic E-state index is 0.755. The second kappa shape index (κ2) is 12.3. The van der Waals surface area contributed by atoms with Gasteiger partial charge in [-0.1, -0.05) is 30.3 Å². The van der Waals surface area contributed by atoms with E-state index >= 15 is 0 Å². The van der Waals surface area contributed by atoms with Crippen molar-refractivity contribution >= 4 is 21.4 Å². The van der Waals surface area contributed by atoms with Crippen molar-refractivity contribution in [3.63, 3.8) is 0 Å². The van der Waals surface area contributed by atoms with E-state index in [0.717, 1.165) is 44.2 Å². The van der Waals surface area contributed by atoms with Crippen molar-refractivity contribution in [2.75, 3.05) is 52.5 Å². The van der Waals surface area contributed by atoms with Crippen LogP contribution in [0.5, 0.6) is 11.5 Å². The Kier molecular flexibility index (Phi) is 8.25. The lowest BCUT2D eigenvalue weighted by atomic mass is 9.99. The Bertz CT molecular complexity index is 1300. The lowest BCUT2D eigenvalue weighted by molar-refractivity contribution is 0.237. The number of hydrogen-bond donors (Lipinski definition) is 0. The van der Waals surface area contributed by atoms with Gasteiger partial charge < -0.3 is 9.47 Å². The average molecular weight is 527 g/mol. The molecule has 0 saturated carbocycles. The van der Waals surface area contributed by atoms with Crippen LogP contribution in [0, 0.1) is 0 Å². The van der Waals surface area contributed by atoms with Crippen LogP contribution in [0.3, 0.4) is 0 Å². The van der Waals surface area contributed by atoms with Gasteiger partial charge in [0.2, 0.25) is 0 Å². The maximum atomic E-state index is 6.06. The molecule has 0 amide bonds. The minimum absolute atomic E-state index is 0.755. The maximum Gasteiger partial charge on any atom is 0.119 e. The second-order valence-corrected chi connectivity index (χ2v) is 11.6. The first-order valence-corrected chi connectivity index (χ1v) is 15.0. The molecule has 0 atom stereocenters. The number of hydrogen-bond acceptors (Lipinski definition) is 5. The van der Waals surface area contributed by atoms with E-state index in [4.69, 9.17) is 9.47 Å². The molecule has 1 aromatic heterocycles. The quantitative estimate of drug-likeness (QED) is 0.208. The predicted octanol–water partition coefficient (Wildman–Crippen LogP) is 7.11. The highest BCUT2D eigenvalue weighted by Gasteiger charge is 2.16. The minimum Gasteiger partial charge on any atom is -0.492 e. The summed E-state index contributed by atoms with van der Waals surface area (Å²) in [6.45, 7) is 8.42. The SMILES string of the molecule is c1ccc2c(Cc3ccc(OCCN4CCCC4)cc3)c(-c3ccc(OCCN4CCCC4)cc3)sc2c1. The van der Waals surface area contributed by atoms with Crippen LogP contribution in [0.4, 0.5) is 0 Å². The Morgan fingerprint density at radius 2 is 1.18 bits per heavy atom. The van der Waals surface area contributed by atoms with Crippen molar-refractivity contribution in [3.8, 4) is 21.9 Å². The van der Waals surface area contributed by atoms with Crippen LogP contribution < -0.4 is 9.47 Å². The number of thiophene rings is 1. The smallest absolute Gasteiger partial charge is 0.119 e. The molecule has 2 aliphatic heterocycles. The van der Waals surface area contributed by atoms with Crippen LogP contribution in [0.25, 0.3) is 20.5 Å². The number of fused-ring (bicyclic) bond motifs is 1. The molecule has 0 N–H and O–H groups in total. The first-order valence-electron chi connectivity index (χ1n) is 14.2. The van der Waals surface area contributed by atoms with Crippen molar-refractivity contribution in [2.45, 2.75) is 32.1 Å². The molecule has 2 saturated heterocycles. The van der Waals surface area contributed by atoms with Crippen molar-refractivity contribution in [2.24, 2.45) is 0 Å². The fourth-order valence-electron chi connectivity index (χ4n) is 5.72. The molecule has 198 valence electrons. The van der Waals surface area contributed by atoms with Gasteiger partial charge in [0.1, 0.15) is 24.7 Å². The first kappa shape index (κ1) is 25.4. The highest BCUT2D eigenvalue weighted by atomic mass is 32.1. The molecule has 4 aromatic rings. The Hall–Kier alpha value is -2.86. The molecule has 0 aliphatic carbocycles. The van der Waals surface area contributed by atoms with Crippen molar-refractivity contribution in [1.82, 2.24) is 9.80 Å². The van der Waals surface area contributed by atoms with Gasteiger partial charge in [-0.15, -0.1) is 11.3 Å². The van der Waals surface area contributed by atoms with Gasteiger partial charge in [-0.05, 0) is 123 Å². The van der Waals surface area contributed by atoms with E-state index in [1.165, 1.54) is 83.5 Å². The first-order chi connectivity index (χ1) is 18.8. The summed E-state index contributed by atoms with van der Waals surface area (Å²) in [5, 5.41) is 1.35. The normalized spacial score (nSPS) is 16.4. The predicted molar refractivity (Wildman–Crippen MR) is 159 cm³/mol. The van der Waals surface area contributed by atoms with Gasteiger partial charge in [0.25, 0.3) is 0 Å². The summed E-state index contributed by atoms with van der Waals surface area (Å²) in [5.74, 6) is 1.92. The molecular weight excluding hydrogens is 488 g/mol. The zero-order valence-corrected chi connectivity index (χ0v) is 23.1. The summed E-state index contributed by atoms with van der Waals surface area (Å²) < 4.78 is 13.4. The second-order valence-electron chi connectivity index (χ2n) is 10.5. The number of likely N-dealkylation sites (tertiary alicyclic amines) is 2. The molecule has 0 unspecified atom stereocenters. The van der Waals surface area contributed by atoms with Crippen LogP contribution in [-0.4, -0.2) is 62.3 Å². The van der Waals surface area contributed by atoms with E-state index in [9.17, 15) is 0 Å². The topological polar surface area (TPSA) is 24.9 Å². The number of benzene rings is 3. The summed E-state index contributed by atoms with van der Waals surface area (Å²) in [4.78, 5) is 6.33. The summed E-state index contributed by atoms with van der Waals surface area (Å²) in [5.41, 5.74) is 3.97. The summed E-state index contributed by atoms with van der Waals surface area (Å²) >= 11 is 1.89. The van der Waals surface area contributed by atoms with Crippen LogP contribution in [0.1, 0.15) is 36.8 Å². The molecule has 2 aliphatic rings. The summed E-state index contributed by atoms with van der Waals surface area (Å²) in [7, 11) is 0. The van der Waals surface area contributed by atoms with Crippen molar-refractivity contribution in [1.29, 1.82) is 0 Å². The van der Waals surface area contributed by atoms with Gasteiger partial charge in [0, 0.05) is 22.7 Å². The van der Waals surface area contributed by atoms with E-state index in [-0.39, 0.29) is 0 Å². The molecule has 0 radical (unpaired) electrons. The standard InChI is InChI=1S/C33H38N2O2S/c1-2-8-32-30(7-1)31(25-26-9-13-28(14-10-26)36-23-21-34-17-3-4-18-34)33(38-32)27-11-15-29(16-12-27)37-24-22-35-19-5-6-20-35/h1-2,7-16H,3-6,17-25H2. The van der Waals surface area contributed by atoms with Crippen LogP contribution in [0.15, 0.2) is 72.8 Å². The van der Waals surface area contributed by atoms with Crippen LogP contribution in [0.2, 0.25) is 0 Å². The molecule has 0 bridgehead atoms. The largest absolute Gasteiger partial charge is 0.492 e. The van der Waals surface area contributed by atoms with Gasteiger partial charge in [-0.2, -0.15) is 0 Å². The molecule has 3 aromatic carbocycles. The molecule has 38 heavy (non-hydrogen) atoms. The van der Waals surface area contributed by atoms with Gasteiger partial charge in [-0.25, -0.2) is 0 Å². The van der Waals surface area contributed by atoms with Gasteiger partial charge in [-0.3, -0.25) is 9.80 Å². The highest BCUT2D eigenvalue weighted by Crippen LogP contribution is 2.40. The van der Waals surface area contributed by atoms with Crippen molar-refractivity contribution < 1.29 is 9.47 Å². The van der Waals surface area contributed by atoms with Crippen LogP contribution in [-0.2, 0) is 6.42 Å². The molecular formula is C33H38N2O2S. The lowest BCUT2D eigenvalue weighted by Gasteiger charge is -2.15. The number of nitrogens with zero attached hydrogens (tertiary/aromatic N) is 2. The zero-order valence-electron chi connectivity index (χ0n) is 22.2. The zero-order chi connectivity index (χ0) is 25.6. The van der Waals surface area contributed by atoms with E-state index in [0.29, 0.717) is 0 Å². The van der Waals surface area contributed by atoms with Gasteiger partial charge in [0.15, 0.2) is 0 Å². The monoisotopic (exact) mass is 526 g/mol. The van der Waals surface area contributed by atoms with Gasteiger partial charge in [0.05, 0.1) is 0 Å². The van der Waals surface area contributed by atoms with Crippen LogP contribution >= 0.6 is 11.3 Å². The lowest BCUT2D eigenvalue weighted by Crippen LogP contribution is -2.25. The Labute approximate surface area is 230 Å². The third-order valence-corrected chi connectivity index (χ3v) is 9.13. The van der Waals surface area contributed by atoms with E-state index in [1.807, 2.05) is 11.3 Å². The molecule has 5 heteroatoms. The third kappa shape index (κ3) is 6.23. The number of ether oxygens (including phenoxy) is 2. The maximum absolute atomic E-state index is 6.06. The molecule has 4 nitrogen and oxygen atoms in total. The Balaban J connectivity index is 1.13. The van der Waals surface area contributed by atoms with Crippen molar-refractivity contribution in [3.05, 3.63) is 83.9 Å². The molecule has 6 rings (SSSR count). The fourth-order valence-corrected chi connectivity index (χ4v) is 6.94. The average Bonchev–Trinajstić information content (AvgIpc) is 3.73.